The molecule has 0 spiro atoms. The van der Waals surface area contributed by atoms with E-state index in [1.165, 1.54) is 30.5 Å². The van der Waals surface area contributed by atoms with E-state index in [9.17, 15) is 14.5 Å². The highest BCUT2D eigenvalue weighted by Crippen LogP contribution is 2.25. The minimum Gasteiger partial charge on any atom is -0.258 e. The largest absolute Gasteiger partial charge is 0.288 e. The van der Waals surface area contributed by atoms with Gasteiger partial charge >= 0.3 is 0 Å². The molecule has 0 saturated carbocycles. The molecule has 0 aliphatic heterocycles. The maximum absolute atomic E-state index is 13.1. The van der Waals surface area contributed by atoms with Crippen LogP contribution >= 0.6 is 11.6 Å². The molecule has 0 unspecified atom stereocenters. The van der Waals surface area contributed by atoms with Gasteiger partial charge in [0, 0.05) is 12.3 Å². The molecule has 0 aliphatic carbocycles. The molecule has 0 N–H and O–H groups in total. The first-order valence-electron chi connectivity index (χ1n) is 5.71. The average Bonchev–Trinajstić information content (AvgIpc) is 2.41. The van der Waals surface area contributed by atoms with Crippen LogP contribution in [0.25, 0.3) is 0 Å². The van der Waals surface area contributed by atoms with Crippen LogP contribution in [0.1, 0.15) is 11.1 Å². The van der Waals surface area contributed by atoms with Gasteiger partial charge < -0.3 is 0 Å². The minimum atomic E-state index is -0.554. The van der Waals surface area contributed by atoms with Gasteiger partial charge in [-0.25, -0.2) is 4.39 Å². The Morgan fingerprint density at radius 3 is 2.70 bits per heavy atom. The van der Waals surface area contributed by atoms with Gasteiger partial charge in [-0.1, -0.05) is 17.7 Å². The molecule has 0 fully saturated rings. The lowest BCUT2D eigenvalue weighted by Crippen LogP contribution is -1.91. The molecule has 0 heterocycles. The number of rotatable bonds is 3. The summed E-state index contributed by atoms with van der Waals surface area (Å²) in [5.41, 5.74) is 1.43. The summed E-state index contributed by atoms with van der Waals surface area (Å²) in [4.78, 5) is 14.4. The topological polar surface area (TPSA) is 55.5 Å². The van der Waals surface area contributed by atoms with Gasteiger partial charge in [0.25, 0.3) is 5.69 Å². The van der Waals surface area contributed by atoms with Crippen molar-refractivity contribution in [2.75, 3.05) is 0 Å². The van der Waals surface area contributed by atoms with Gasteiger partial charge in [-0.2, -0.15) is 0 Å². The first-order chi connectivity index (χ1) is 9.47. The molecule has 4 nitrogen and oxygen atoms in total. The summed E-state index contributed by atoms with van der Waals surface area (Å²) in [7, 11) is 0. The van der Waals surface area contributed by atoms with Gasteiger partial charge in [0.2, 0.25) is 0 Å². The van der Waals surface area contributed by atoms with E-state index >= 15 is 0 Å². The van der Waals surface area contributed by atoms with Crippen molar-refractivity contribution in [2.45, 2.75) is 6.92 Å². The normalized spacial score (nSPS) is 10.9. The van der Waals surface area contributed by atoms with E-state index in [2.05, 4.69) is 4.99 Å². The predicted molar refractivity (Wildman–Crippen MR) is 76.5 cm³/mol. The van der Waals surface area contributed by atoms with Crippen molar-refractivity contribution in [2.24, 2.45) is 4.99 Å². The Bertz CT molecular complexity index is 702. The van der Waals surface area contributed by atoms with Gasteiger partial charge in [0.15, 0.2) is 0 Å². The van der Waals surface area contributed by atoms with Gasteiger partial charge in [-0.05, 0) is 42.3 Å². The molecule has 20 heavy (non-hydrogen) atoms. The Morgan fingerprint density at radius 2 is 2.05 bits per heavy atom. The van der Waals surface area contributed by atoms with E-state index in [-0.39, 0.29) is 16.5 Å². The number of aliphatic imine (C=N–C) groups is 1. The highest BCUT2D eigenvalue weighted by atomic mass is 35.5. The van der Waals surface area contributed by atoms with Crippen LogP contribution in [0.3, 0.4) is 0 Å². The molecule has 2 aromatic rings. The summed E-state index contributed by atoms with van der Waals surface area (Å²) in [5, 5.41) is 10.8. The molecule has 0 atom stereocenters. The van der Waals surface area contributed by atoms with E-state index in [1.54, 1.807) is 19.1 Å². The second-order valence-electron chi connectivity index (χ2n) is 4.16. The van der Waals surface area contributed by atoms with E-state index < -0.39 is 4.92 Å². The van der Waals surface area contributed by atoms with Gasteiger partial charge in [0.05, 0.1) is 10.6 Å². The molecule has 102 valence electrons. The lowest BCUT2D eigenvalue weighted by atomic mass is 10.2. The van der Waals surface area contributed by atoms with Gasteiger partial charge in [-0.3, -0.25) is 15.1 Å². The number of nitro groups is 1. The molecule has 2 aromatic carbocycles. The van der Waals surface area contributed by atoms with Crippen molar-refractivity contribution in [3.63, 3.8) is 0 Å². The number of hydrogen-bond donors (Lipinski definition) is 0. The molecule has 0 aliphatic rings. The average molecular weight is 293 g/mol. The summed E-state index contributed by atoms with van der Waals surface area (Å²) >= 11 is 5.72. The zero-order valence-corrected chi connectivity index (χ0v) is 11.3. The third-order valence-corrected chi connectivity index (χ3v) is 2.99. The van der Waals surface area contributed by atoms with E-state index in [0.717, 1.165) is 0 Å². The third kappa shape index (κ3) is 3.19. The van der Waals surface area contributed by atoms with Gasteiger partial charge in [-0.15, -0.1) is 0 Å². The number of nitro benzene ring substituents is 1. The van der Waals surface area contributed by atoms with E-state index in [4.69, 9.17) is 11.6 Å². The number of nitrogens with zero attached hydrogens (tertiary/aromatic N) is 2. The number of halogens is 2. The van der Waals surface area contributed by atoms with Crippen LogP contribution < -0.4 is 0 Å². The summed E-state index contributed by atoms with van der Waals surface area (Å²) in [5.74, 6) is -0.300. The number of hydrogen-bond acceptors (Lipinski definition) is 3. The van der Waals surface area contributed by atoms with E-state index in [0.29, 0.717) is 16.8 Å². The SMILES string of the molecule is Cc1cc(N=Cc2ccc(Cl)c([N+](=O)[O-])c2)ccc1F. The monoisotopic (exact) mass is 292 g/mol. The maximum Gasteiger partial charge on any atom is 0.288 e. The zero-order valence-electron chi connectivity index (χ0n) is 10.5. The summed E-state index contributed by atoms with van der Waals surface area (Å²) < 4.78 is 13.1. The third-order valence-electron chi connectivity index (χ3n) is 2.67. The molecule has 0 aromatic heterocycles. The first-order valence-corrected chi connectivity index (χ1v) is 6.09. The first kappa shape index (κ1) is 14.1. The quantitative estimate of drug-likeness (QED) is 0.477. The standard InChI is InChI=1S/C14H10ClFN2O2/c1-9-6-11(3-5-13(9)16)17-8-10-2-4-12(15)14(7-10)18(19)20/h2-8H,1H3. The molecule has 0 radical (unpaired) electrons. The second-order valence-corrected chi connectivity index (χ2v) is 4.57. The molecular weight excluding hydrogens is 283 g/mol. The Morgan fingerprint density at radius 1 is 1.30 bits per heavy atom. The van der Waals surface area contributed by atoms with Crippen LogP contribution in [0.5, 0.6) is 0 Å². The Kier molecular flexibility index (Phi) is 4.10. The highest BCUT2D eigenvalue weighted by Gasteiger charge is 2.11. The van der Waals surface area contributed by atoms with Crippen molar-refractivity contribution in [1.82, 2.24) is 0 Å². The van der Waals surface area contributed by atoms with Crippen molar-refractivity contribution in [1.29, 1.82) is 0 Å². The predicted octanol–water partition coefficient (Wildman–Crippen LogP) is 4.45. The highest BCUT2D eigenvalue weighted by molar-refractivity contribution is 6.32. The molecule has 0 bridgehead atoms. The lowest BCUT2D eigenvalue weighted by molar-refractivity contribution is -0.384. The van der Waals surface area contributed by atoms with Crippen LogP contribution in [0.4, 0.5) is 15.8 Å². The van der Waals surface area contributed by atoms with Gasteiger partial charge in [0.1, 0.15) is 10.8 Å². The smallest absolute Gasteiger partial charge is 0.258 e. The van der Waals surface area contributed by atoms with Crippen LogP contribution in [0, 0.1) is 22.9 Å². The fraction of sp³-hybridized carbons (Fsp3) is 0.0714. The molecule has 2 rings (SSSR count). The van der Waals surface area contributed by atoms with Crippen molar-refractivity contribution in [3.8, 4) is 0 Å². The van der Waals surface area contributed by atoms with Crippen molar-refractivity contribution >= 4 is 29.2 Å². The molecule has 6 heteroatoms. The van der Waals surface area contributed by atoms with Crippen LogP contribution in [0.15, 0.2) is 41.4 Å². The maximum atomic E-state index is 13.1. The molecule has 0 amide bonds. The Labute approximate surface area is 119 Å². The Hall–Kier alpha value is -2.27. The van der Waals surface area contributed by atoms with Crippen LogP contribution in [-0.2, 0) is 0 Å². The Balaban J connectivity index is 2.29. The zero-order chi connectivity index (χ0) is 14.7. The summed E-state index contributed by atoms with van der Waals surface area (Å²) in [6, 6.07) is 8.85. The second kappa shape index (κ2) is 5.79. The fourth-order valence-electron chi connectivity index (χ4n) is 1.61. The number of benzene rings is 2. The van der Waals surface area contributed by atoms with Crippen LogP contribution in [0.2, 0.25) is 5.02 Å². The minimum absolute atomic E-state index is 0.0739. The summed E-state index contributed by atoms with van der Waals surface area (Å²) in [6.45, 7) is 1.64. The fourth-order valence-corrected chi connectivity index (χ4v) is 1.79. The van der Waals surface area contributed by atoms with E-state index in [1.807, 2.05) is 0 Å². The van der Waals surface area contributed by atoms with Crippen molar-refractivity contribution in [3.05, 3.63) is 68.5 Å². The summed E-state index contributed by atoms with van der Waals surface area (Å²) in [6.07, 6.45) is 1.47. The van der Waals surface area contributed by atoms with Crippen molar-refractivity contribution < 1.29 is 9.31 Å². The van der Waals surface area contributed by atoms with Crippen LogP contribution in [-0.4, -0.2) is 11.1 Å². The number of aryl methyl sites for hydroxylation is 1. The molecular formula is C14H10ClFN2O2. The molecule has 0 saturated heterocycles. The lowest BCUT2D eigenvalue weighted by Gasteiger charge is -1.99.